The van der Waals surface area contributed by atoms with Crippen molar-refractivity contribution in [1.82, 2.24) is 5.43 Å². The maximum atomic E-state index is 13.4. The van der Waals surface area contributed by atoms with Gasteiger partial charge in [0.05, 0.1) is 6.21 Å². The van der Waals surface area contributed by atoms with Gasteiger partial charge in [-0.2, -0.15) is 5.10 Å². The predicted molar refractivity (Wildman–Crippen MR) is 84.5 cm³/mol. The monoisotopic (exact) mass is 305 g/mol. The Morgan fingerprint density at radius 2 is 1.86 bits per heavy atom. The van der Waals surface area contributed by atoms with E-state index in [-0.39, 0.29) is 10.7 Å². The molecule has 3 nitrogen and oxygen atoms in total. The lowest BCUT2D eigenvalue weighted by molar-refractivity contribution is 0.507. The third-order valence-corrected chi connectivity index (χ3v) is 2.85. The number of hydrazone groups is 1. The number of benzene rings is 2. The summed E-state index contributed by atoms with van der Waals surface area (Å²) in [7, 11) is 0. The van der Waals surface area contributed by atoms with Crippen molar-refractivity contribution in [3.8, 4) is 0 Å². The van der Waals surface area contributed by atoms with Crippen LogP contribution in [0.2, 0.25) is 0 Å². The topological polar surface area (TPSA) is 36.4 Å². The van der Waals surface area contributed by atoms with Gasteiger partial charge in [-0.15, -0.1) is 0 Å². The zero-order valence-electron chi connectivity index (χ0n) is 11.2. The average Bonchev–Trinajstić information content (AvgIpc) is 2.46. The van der Waals surface area contributed by atoms with Crippen molar-refractivity contribution in [3.63, 3.8) is 0 Å². The zero-order chi connectivity index (χ0) is 15.2. The maximum absolute atomic E-state index is 13.4. The molecule has 0 spiro atoms. The maximum Gasteiger partial charge on any atom is 0.191 e. The molecule has 6 heteroatoms. The van der Waals surface area contributed by atoms with E-state index in [1.54, 1.807) is 0 Å². The van der Waals surface area contributed by atoms with Crippen LogP contribution in [0.5, 0.6) is 0 Å². The lowest BCUT2D eigenvalue weighted by atomic mass is 10.2. The molecule has 0 atom stereocenters. The van der Waals surface area contributed by atoms with Crippen molar-refractivity contribution >= 4 is 29.2 Å². The van der Waals surface area contributed by atoms with Crippen molar-refractivity contribution in [3.05, 3.63) is 65.2 Å². The van der Waals surface area contributed by atoms with E-state index < -0.39 is 11.6 Å². The van der Waals surface area contributed by atoms with E-state index in [1.807, 2.05) is 31.2 Å². The summed E-state index contributed by atoms with van der Waals surface area (Å²) in [6, 6.07) is 11.5. The molecule has 0 saturated heterocycles. The molecule has 0 radical (unpaired) electrons. The predicted octanol–water partition coefficient (Wildman–Crippen LogP) is 3.59. The summed E-state index contributed by atoms with van der Waals surface area (Å²) in [6.45, 7) is 1.98. The number of anilines is 1. The summed E-state index contributed by atoms with van der Waals surface area (Å²) in [5, 5.41) is 6.95. The van der Waals surface area contributed by atoms with E-state index in [2.05, 4.69) is 15.8 Å². The Hall–Kier alpha value is -2.34. The highest BCUT2D eigenvalue weighted by atomic mass is 32.1. The van der Waals surface area contributed by atoms with E-state index >= 15 is 0 Å². The van der Waals surface area contributed by atoms with Gasteiger partial charge in [-0.1, -0.05) is 29.8 Å². The van der Waals surface area contributed by atoms with Gasteiger partial charge in [0.1, 0.15) is 0 Å². The van der Waals surface area contributed by atoms with E-state index in [0.717, 1.165) is 17.3 Å². The first-order valence-corrected chi connectivity index (χ1v) is 6.58. The van der Waals surface area contributed by atoms with Crippen molar-refractivity contribution in [2.75, 3.05) is 5.32 Å². The number of nitrogens with one attached hydrogen (secondary N) is 2. The largest absolute Gasteiger partial charge is 0.331 e. The first-order valence-electron chi connectivity index (χ1n) is 6.17. The lowest BCUT2D eigenvalue weighted by Gasteiger charge is -2.07. The highest BCUT2D eigenvalue weighted by Crippen LogP contribution is 2.09. The van der Waals surface area contributed by atoms with Crippen LogP contribution in [-0.2, 0) is 0 Å². The highest BCUT2D eigenvalue weighted by Gasteiger charge is 2.04. The minimum atomic E-state index is -0.944. The number of rotatable bonds is 3. The number of hydrogen-bond acceptors (Lipinski definition) is 2. The molecule has 0 fully saturated rings. The smallest absolute Gasteiger partial charge is 0.191 e. The molecule has 2 aromatic carbocycles. The number of hydrogen-bond donors (Lipinski definition) is 2. The van der Waals surface area contributed by atoms with Crippen LogP contribution in [-0.4, -0.2) is 11.3 Å². The summed E-state index contributed by atoms with van der Waals surface area (Å²) in [5.74, 6) is -1.86. The molecule has 0 unspecified atom stereocenters. The molecule has 2 aromatic rings. The summed E-state index contributed by atoms with van der Waals surface area (Å²) >= 11 is 5.04. The number of nitrogens with zero attached hydrogens (tertiary/aromatic N) is 1. The Kier molecular flexibility index (Phi) is 4.94. The van der Waals surface area contributed by atoms with Gasteiger partial charge in [0.2, 0.25) is 0 Å². The van der Waals surface area contributed by atoms with Crippen LogP contribution in [0.15, 0.2) is 47.6 Å². The summed E-state index contributed by atoms with van der Waals surface area (Å²) in [5.41, 5.74) is 4.53. The van der Waals surface area contributed by atoms with Gasteiger partial charge in [0.15, 0.2) is 16.7 Å². The standard InChI is InChI=1S/C15H13F2N3S/c1-10-5-7-12(8-6-10)19-15(21)20-18-9-11-3-2-4-13(16)14(11)17/h2-9H,1H3,(H2,19,20,21)/b18-9+. The summed E-state index contributed by atoms with van der Waals surface area (Å²) in [6.07, 6.45) is 1.17. The fourth-order valence-electron chi connectivity index (χ4n) is 1.58. The van der Waals surface area contributed by atoms with Crippen LogP contribution in [0.1, 0.15) is 11.1 Å². The normalized spacial score (nSPS) is 10.6. The van der Waals surface area contributed by atoms with Crippen molar-refractivity contribution in [2.45, 2.75) is 6.92 Å². The van der Waals surface area contributed by atoms with Crippen molar-refractivity contribution in [2.24, 2.45) is 5.10 Å². The van der Waals surface area contributed by atoms with Gasteiger partial charge in [-0.25, -0.2) is 8.78 Å². The number of thiocarbonyl (C=S) groups is 1. The van der Waals surface area contributed by atoms with E-state index in [9.17, 15) is 8.78 Å². The van der Waals surface area contributed by atoms with E-state index in [4.69, 9.17) is 12.2 Å². The molecule has 2 N–H and O–H groups in total. The van der Waals surface area contributed by atoms with Gasteiger partial charge >= 0.3 is 0 Å². The molecule has 108 valence electrons. The Morgan fingerprint density at radius 1 is 1.14 bits per heavy atom. The molecule has 0 aromatic heterocycles. The van der Waals surface area contributed by atoms with Gasteiger partial charge in [-0.3, -0.25) is 5.43 Å². The fourth-order valence-corrected chi connectivity index (χ4v) is 1.75. The molecule has 0 bridgehead atoms. The van der Waals surface area contributed by atoms with Gasteiger partial charge in [0.25, 0.3) is 0 Å². The van der Waals surface area contributed by atoms with Crippen LogP contribution in [0.25, 0.3) is 0 Å². The molecular formula is C15H13F2N3S. The Morgan fingerprint density at radius 3 is 2.57 bits per heavy atom. The third-order valence-electron chi connectivity index (χ3n) is 2.66. The second-order valence-corrected chi connectivity index (χ2v) is 4.74. The van der Waals surface area contributed by atoms with Crippen LogP contribution in [0.3, 0.4) is 0 Å². The van der Waals surface area contributed by atoms with Gasteiger partial charge in [0, 0.05) is 11.3 Å². The molecule has 0 amide bonds. The first kappa shape index (κ1) is 15.1. The molecule has 2 rings (SSSR count). The molecule has 0 aliphatic rings. The molecule has 21 heavy (non-hydrogen) atoms. The van der Waals surface area contributed by atoms with E-state index in [0.29, 0.717) is 0 Å². The van der Waals surface area contributed by atoms with Crippen molar-refractivity contribution < 1.29 is 8.78 Å². The van der Waals surface area contributed by atoms with Crippen molar-refractivity contribution in [1.29, 1.82) is 0 Å². The fraction of sp³-hybridized carbons (Fsp3) is 0.0667. The Balaban J connectivity index is 1.93. The lowest BCUT2D eigenvalue weighted by Crippen LogP contribution is -2.23. The first-order chi connectivity index (χ1) is 10.1. The minimum absolute atomic E-state index is 0.0423. The minimum Gasteiger partial charge on any atom is -0.331 e. The Bertz CT molecular complexity index is 669. The molecule has 0 heterocycles. The Labute approximate surface area is 126 Å². The second kappa shape index (κ2) is 6.90. The SMILES string of the molecule is Cc1ccc(NC(=S)N/N=C/c2cccc(F)c2F)cc1. The van der Waals surface area contributed by atoms with Gasteiger partial charge in [-0.05, 0) is 37.3 Å². The average molecular weight is 305 g/mol. The molecule has 0 saturated carbocycles. The third kappa shape index (κ3) is 4.32. The van der Waals surface area contributed by atoms with Crippen LogP contribution in [0.4, 0.5) is 14.5 Å². The summed E-state index contributed by atoms with van der Waals surface area (Å²) < 4.78 is 26.4. The van der Waals surface area contributed by atoms with Gasteiger partial charge < -0.3 is 5.32 Å². The highest BCUT2D eigenvalue weighted by molar-refractivity contribution is 7.80. The molecular weight excluding hydrogens is 292 g/mol. The number of halogens is 2. The number of aryl methyl sites for hydroxylation is 1. The second-order valence-electron chi connectivity index (χ2n) is 4.33. The zero-order valence-corrected chi connectivity index (χ0v) is 12.0. The quantitative estimate of drug-likeness (QED) is 0.517. The molecule has 0 aliphatic heterocycles. The summed E-state index contributed by atoms with van der Waals surface area (Å²) in [4.78, 5) is 0. The van der Waals surface area contributed by atoms with Crippen LogP contribution >= 0.6 is 12.2 Å². The molecule has 0 aliphatic carbocycles. The van der Waals surface area contributed by atoms with E-state index in [1.165, 1.54) is 18.3 Å². The van der Waals surface area contributed by atoms with Crippen LogP contribution < -0.4 is 10.7 Å². The van der Waals surface area contributed by atoms with Crippen LogP contribution in [0, 0.1) is 18.6 Å².